The van der Waals surface area contributed by atoms with Gasteiger partial charge in [0.15, 0.2) is 5.78 Å². The molecule has 0 atom stereocenters. The molecule has 0 aliphatic rings. The second kappa shape index (κ2) is 5.98. The number of hydrogen-bond donors (Lipinski definition) is 0. The lowest BCUT2D eigenvalue weighted by molar-refractivity contribution is 0.0962. The Kier molecular flexibility index (Phi) is 4.34. The van der Waals surface area contributed by atoms with Gasteiger partial charge in [0.25, 0.3) is 0 Å². The van der Waals surface area contributed by atoms with Gasteiger partial charge in [0.05, 0.1) is 6.61 Å². The van der Waals surface area contributed by atoms with E-state index in [1.807, 2.05) is 41.1 Å². The zero-order valence-electron chi connectivity index (χ0n) is 9.06. The van der Waals surface area contributed by atoms with Crippen molar-refractivity contribution < 1.29 is 9.53 Å². The zero-order chi connectivity index (χ0) is 12.1. The third-order valence-electron chi connectivity index (χ3n) is 2.24. The second-order valence-electron chi connectivity index (χ2n) is 3.49. The van der Waals surface area contributed by atoms with Crippen LogP contribution in [0.1, 0.15) is 16.8 Å². The lowest BCUT2D eigenvalue weighted by Crippen LogP contribution is -2.05. The first-order valence-electron chi connectivity index (χ1n) is 5.19. The summed E-state index contributed by atoms with van der Waals surface area (Å²) >= 11 is 4.90. The van der Waals surface area contributed by atoms with E-state index < -0.39 is 0 Å². The maximum absolute atomic E-state index is 11.7. The van der Waals surface area contributed by atoms with Gasteiger partial charge in [-0.2, -0.15) is 11.3 Å². The molecule has 0 aliphatic heterocycles. The largest absolute Gasteiger partial charge is 0.493 e. The number of ketones is 1. The van der Waals surface area contributed by atoms with Crippen molar-refractivity contribution >= 4 is 33.0 Å². The molecular formula is C13H11BrO2S. The molecule has 88 valence electrons. The summed E-state index contributed by atoms with van der Waals surface area (Å²) in [5.74, 6) is 0.902. The number of carbonyl (C=O) groups is 1. The first-order valence-corrected chi connectivity index (χ1v) is 6.93. The third-order valence-corrected chi connectivity index (χ3v) is 3.41. The molecule has 2 nitrogen and oxygen atoms in total. The van der Waals surface area contributed by atoms with Crippen LogP contribution in [0.3, 0.4) is 0 Å². The predicted molar refractivity (Wildman–Crippen MR) is 72.9 cm³/mol. The Balaban J connectivity index is 1.82. The van der Waals surface area contributed by atoms with Crippen molar-refractivity contribution in [1.29, 1.82) is 0 Å². The van der Waals surface area contributed by atoms with E-state index >= 15 is 0 Å². The summed E-state index contributed by atoms with van der Waals surface area (Å²) in [7, 11) is 0. The number of thiophene rings is 1. The van der Waals surface area contributed by atoms with Crippen LogP contribution in [0.2, 0.25) is 0 Å². The summed E-state index contributed by atoms with van der Waals surface area (Å²) in [4.78, 5) is 11.7. The molecule has 2 aromatic rings. The van der Waals surface area contributed by atoms with Crippen LogP contribution >= 0.6 is 27.3 Å². The SMILES string of the molecule is O=C(CCOc1cccc(Br)c1)c1ccsc1. The Hall–Kier alpha value is -1.13. The summed E-state index contributed by atoms with van der Waals surface area (Å²) in [6.07, 6.45) is 0.406. The maximum atomic E-state index is 11.7. The standard InChI is InChI=1S/C13H11BrO2S/c14-11-2-1-3-12(8-11)16-6-4-13(15)10-5-7-17-9-10/h1-3,5,7-9H,4,6H2. The molecule has 0 spiro atoms. The van der Waals surface area contributed by atoms with Crippen LogP contribution in [-0.4, -0.2) is 12.4 Å². The van der Waals surface area contributed by atoms with Gasteiger partial charge in [0, 0.05) is 21.8 Å². The van der Waals surface area contributed by atoms with Gasteiger partial charge in [-0.05, 0) is 29.6 Å². The van der Waals surface area contributed by atoms with Gasteiger partial charge < -0.3 is 4.74 Å². The molecule has 0 unspecified atom stereocenters. The number of halogens is 1. The van der Waals surface area contributed by atoms with E-state index in [1.54, 1.807) is 0 Å². The first-order chi connectivity index (χ1) is 8.25. The van der Waals surface area contributed by atoms with E-state index in [9.17, 15) is 4.79 Å². The van der Waals surface area contributed by atoms with E-state index in [4.69, 9.17) is 4.74 Å². The minimum absolute atomic E-state index is 0.126. The summed E-state index contributed by atoms with van der Waals surface area (Å²) < 4.78 is 6.48. The van der Waals surface area contributed by atoms with Crippen LogP contribution in [0.15, 0.2) is 45.6 Å². The first kappa shape index (κ1) is 12.3. The minimum Gasteiger partial charge on any atom is -0.493 e. The quantitative estimate of drug-likeness (QED) is 0.775. The van der Waals surface area contributed by atoms with E-state index in [1.165, 1.54) is 11.3 Å². The Morgan fingerprint density at radius 3 is 2.94 bits per heavy atom. The minimum atomic E-state index is 0.126. The van der Waals surface area contributed by atoms with E-state index in [2.05, 4.69) is 15.9 Å². The van der Waals surface area contributed by atoms with Gasteiger partial charge in [-0.15, -0.1) is 0 Å². The van der Waals surface area contributed by atoms with E-state index in [0.717, 1.165) is 15.8 Å². The smallest absolute Gasteiger partial charge is 0.167 e. The number of Topliss-reactive ketones (excluding diaryl/α,β-unsaturated/α-hetero) is 1. The highest BCUT2D eigenvalue weighted by Crippen LogP contribution is 2.18. The maximum Gasteiger partial charge on any atom is 0.167 e. The summed E-state index contributed by atoms with van der Waals surface area (Å²) in [6.45, 7) is 0.408. The fraction of sp³-hybridized carbons (Fsp3) is 0.154. The van der Waals surface area contributed by atoms with Crippen molar-refractivity contribution in [3.8, 4) is 5.75 Å². The van der Waals surface area contributed by atoms with Crippen LogP contribution in [0.25, 0.3) is 0 Å². The molecule has 4 heteroatoms. The van der Waals surface area contributed by atoms with Crippen molar-refractivity contribution in [2.24, 2.45) is 0 Å². The van der Waals surface area contributed by atoms with Crippen LogP contribution in [0.5, 0.6) is 5.75 Å². The van der Waals surface area contributed by atoms with E-state index in [0.29, 0.717) is 13.0 Å². The van der Waals surface area contributed by atoms with E-state index in [-0.39, 0.29) is 5.78 Å². The average Bonchev–Trinajstić information content (AvgIpc) is 2.82. The molecule has 17 heavy (non-hydrogen) atoms. The van der Waals surface area contributed by atoms with Crippen LogP contribution in [0, 0.1) is 0 Å². The van der Waals surface area contributed by atoms with Crippen LogP contribution in [0.4, 0.5) is 0 Å². The number of benzene rings is 1. The van der Waals surface area contributed by atoms with Gasteiger partial charge in [0.1, 0.15) is 5.75 Å². The van der Waals surface area contributed by atoms with Crippen molar-refractivity contribution in [3.05, 3.63) is 51.1 Å². The second-order valence-corrected chi connectivity index (χ2v) is 5.19. The number of carbonyl (C=O) groups excluding carboxylic acids is 1. The molecule has 0 aliphatic carbocycles. The van der Waals surface area contributed by atoms with Crippen molar-refractivity contribution in [2.75, 3.05) is 6.61 Å². The lowest BCUT2D eigenvalue weighted by Gasteiger charge is -2.05. The van der Waals surface area contributed by atoms with Gasteiger partial charge in [0.2, 0.25) is 0 Å². The highest BCUT2D eigenvalue weighted by Gasteiger charge is 2.06. The molecule has 2 rings (SSSR count). The molecular weight excluding hydrogens is 300 g/mol. The lowest BCUT2D eigenvalue weighted by atomic mass is 10.2. The number of rotatable bonds is 5. The highest BCUT2D eigenvalue weighted by atomic mass is 79.9. The molecule has 0 saturated heterocycles. The fourth-order valence-electron chi connectivity index (χ4n) is 1.39. The fourth-order valence-corrected chi connectivity index (χ4v) is 2.42. The van der Waals surface area contributed by atoms with Gasteiger partial charge >= 0.3 is 0 Å². The third kappa shape index (κ3) is 3.68. The van der Waals surface area contributed by atoms with Gasteiger partial charge in [-0.3, -0.25) is 4.79 Å². The monoisotopic (exact) mass is 310 g/mol. The Labute approximate surface area is 112 Å². The van der Waals surface area contributed by atoms with Crippen molar-refractivity contribution in [3.63, 3.8) is 0 Å². The predicted octanol–water partition coefficient (Wildman–Crippen LogP) is 4.16. The topological polar surface area (TPSA) is 26.3 Å². The van der Waals surface area contributed by atoms with Gasteiger partial charge in [-0.1, -0.05) is 22.0 Å². The summed E-state index contributed by atoms with van der Waals surface area (Å²) in [6, 6.07) is 9.44. The molecule has 0 fully saturated rings. The van der Waals surface area contributed by atoms with Crippen molar-refractivity contribution in [2.45, 2.75) is 6.42 Å². The molecule has 0 N–H and O–H groups in total. The molecule has 0 amide bonds. The van der Waals surface area contributed by atoms with Crippen LogP contribution in [-0.2, 0) is 0 Å². The molecule has 1 aromatic carbocycles. The molecule has 0 radical (unpaired) electrons. The molecule has 0 bridgehead atoms. The molecule has 0 saturated carbocycles. The molecule has 1 aromatic heterocycles. The number of ether oxygens (including phenoxy) is 1. The number of hydrogen-bond acceptors (Lipinski definition) is 3. The zero-order valence-corrected chi connectivity index (χ0v) is 11.5. The highest BCUT2D eigenvalue weighted by molar-refractivity contribution is 9.10. The Morgan fingerprint density at radius 2 is 2.24 bits per heavy atom. The van der Waals surface area contributed by atoms with Gasteiger partial charge in [-0.25, -0.2) is 0 Å². The normalized spacial score (nSPS) is 10.2. The summed E-state index contributed by atoms with van der Waals surface area (Å²) in [5, 5.41) is 3.77. The average molecular weight is 311 g/mol. The molecule has 1 heterocycles. The van der Waals surface area contributed by atoms with Crippen LogP contribution < -0.4 is 4.74 Å². The Morgan fingerprint density at radius 1 is 1.35 bits per heavy atom. The van der Waals surface area contributed by atoms with Crippen molar-refractivity contribution in [1.82, 2.24) is 0 Å². The summed E-state index contributed by atoms with van der Waals surface area (Å²) in [5.41, 5.74) is 0.771. The Bertz CT molecular complexity index is 494.